The number of allylic oxidation sites excluding steroid dienone is 1. The van der Waals surface area contributed by atoms with Gasteiger partial charge in [-0.25, -0.2) is 0 Å². The first-order chi connectivity index (χ1) is 8.12. The fraction of sp³-hybridized carbons (Fsp3) is 0.500. The summed E-state index contributed by atoms with van der Waals surface area (Å²) in [5.74, 6) is 0. The Hall–Kier alpha value is -1.08. The van der Waals surface area contributed by atoms with Gasteiger partial charge in [-0.3, -0.25) is 4.48 Å². The third-order valence-corrected chi connectivity index (χ3v) is 4.04. The number of benzene rings is 1. The summed E-state index contributed by atoms with van der Waals surface area (Å²) in [7, 11) is 2.38. The van der Waals surface area contributed by atoms with E-state index in [0.29, 0.717) is 0 Å². The molecule has 2 rings (SSSR count). The molecule has 0 spiro atoms. The lowest BCUT2D eigenvalue weighted by atomic mass is 10.1. The Bertz CT molecular complexity index is 380. The molecular weight excluding hydrogens is 206 g/mol. The number of nitrogens with zero attached hydrogens (tertiary/aromatic N) is 1. The molecule has 1 saturated heterocycles. The van der Waals surface area contributed by atoms with E-state index in [2.05, 4.69) is 44.8 Å². The highest BCUT2D eigenvalue weighted by atomic mass is 15.3. The van der Waals surface area contributed by atoms with Gasteiger partial charge in [-0.1, -0.05) is 12.2 Å². The molecule has 1 aromatic carbocycles. The Morgan fingerprint density at radius 2 is 1.53 bits per heavy atom. The fourth-order valence-electron chi connectivity index (χ4n) is 2.75. The Labute approximate surface area is 105 Å². The molecule has 1 aliphatic rings. The first kappa shape index (κ1) is 12.4. The van der Waals surface area contributed by atoms with Crippen molar-refractivity contribution in [3.63, 3.8) is 0 Å². The summed E-state index contributed by atoms with van der Waals surface area (Å²) >= 11 is 0. The van der Waals surface area contributed by atoms with Gasteiger partial charge in [0, 0.05) is 0 Å². The van der Waals surface area contributed by atoms with Crippen LogP contribution < -0.4 is 4.48 Å². The van der Waals surface area contributed by atoms with Gasteiger partial charge in [0.1, 0.15) is 5.69 Å². The van der Waals surface area contributed by atoms with Crippen LogP contribution in [0.1, 0.15) is 38.2 Å². The van der Waals surface area contributed by atoms with E-state index in [-0.39, 0.29) is 0 Å². The lowest BCUT2D eigenvalue weighted by Crippen LogP contribution is -2.45. The second-order valence-corrected chi connectivity index (χ2v) is 5.58. The fourth-order valence-corrected chi connectivity index (χ4v) is 2.75. The molecule has 0 amide bonds. The zero-order chi connectivity index (χ0) is 12.3. The minimum atomic E-state index is 1.11. The molecular formula is C16H24N+. The Morgan fingerprint density at radius 3 is 2.00 bits per heavy atom. The van der Waals surface area contributed by atoms with Crippen LogP contribution in [0.5, 0.6) is 0 Å². The molecule has 1 fully saturated rings. The molecule has 92 valence electrons. The second-order valence-electron chi connectivity index (χ2n) is 5.58. The van der Waals surface area contributed by atoms with Gasteiger partial charge in [0.2, 0.25) is 0 Å². The van der Waals surface area contributed by atoms with Crippen LogP contribution >= 0.6 is 0 Å². The first-order valence-electron chi connectivity index (χ1n) is 6.73. The van der Waals surface area contributed by atoms with E-state index >= 15 is 0 Å². The van der Waals surface area contributed by atoms with Crippen LogP contribution in [0.15, 0.2) is 30.8 Å². The SMILES string of the molecule is C=C(C)c1ccc([N+]2(C)CCCCCC2)cc1. The number of likely N-dealkylation sites (tertiary alicyclic amines) is 1. The smallest absolute Gasteiger partial charge is 0.132 e. The van der Waals surface area contributed by atoms with Gasteiger partial charge < -0.3 is 0 Å². The highest BCUT2D eigenvalue weighted by Crippen LogP contribution is 2.27. The van der Waals surface area contributed by atoms with Crippen molar-refractivity contribution < 1.29 is 0 Å². The van der Waals surface area contributed by atoms with Crippen molar-refractivity contribution in [2.24, 2.45) is 0 Å². The molecule has 0 N–H and O–H groups in total. The van der Waals surface area contributed by atoms with Gasteiger partial charge in [0.05, 0.1) is 20.1 Å². The minimum Gasteiger partial charge on any atom is -0.294 e. The summed E-state index contributed by atoms with van der Waals surface area (Å²) in [6.45, 7) is 8.63. The molecule has 1 heterocycles. The average molecular weight is 230 g/mol. The third kappa shape index (κ3) is 2.78. The zero-order valence-corrected chi connectivity index (χ0v) is 11.2. The normalized spacial score (nSPS) is 19.6. The number of hydrogen-bond acceptors (Lipinski definition) is 0. The highest BCUT2D eigenvalue weighted by molar-refractivity contribution is 5.63. The molecule has 0 saturated carbocycles. The summed E-state index contributed by atoms with van der Waals surface area (Å²) in [6.07, 6.45) is 5.52. The van der Waals surface area contributed by atoms with Crippen molar-refractivity contribution in [2.75, 3.05) is 20.1 Å². The lowest BCUT2D eigenvalue weighted by Gasteiger charge is -2.33. The standard InChI is InChI=1S/C16H24N/c1-14(2)15-8-10-16(11-9-15)17(3)12-6-4-5-7-13-17/h8-11H,1,4-7,12-13H2,2-3H3/q+1. The molecule has 1 nitrogen and oxygen atoms in total. The van der Waals surface area contributed by atoms with E-state index < -0.39 is 0 Å². The molecule has 0 atom stereocenters. The predicted octanol–water partition coefficient (Wildman–Crippen LogP) is 4.23. The van der Waals surface area contributed by atoms with E-state index in [9.17, 15) is 0 Å². The zero-order valence-electron chi connectivity index (χ0n) is 11.2. The molecule has 0 aromatic heterocycles. The molecule has 0 bridgehead atoms. The largest absolute Gasteiger partial charge is 0.294 e. The number of rotatable bonds is 2. The summed E-state index contributed by atoms with van der Waals surface area (Å²) in [5, 5.41) is 0. The summed E-state index contributed by atoms with van der Waals surface area (Å²) in [4.78, 5) is 0. The predicted molar refractivity (Wildman–Crippen MR) is 77.1 cm³/mol. The van der Waals surface area contributed by atoms with Crippen molar-refractivity contribution in [3.8, 4) is 0 Å². The van der Waals surface area contributed by atoms with Crippen molar-refractivity contribution in [1.82, 2.24) is 4.48 Å². The minimum absolute atomic E-state index is 1.11. The average Bonchev–Trinajstić information content (AvgIpc) is 2.55. The van der Waals surface area contributed by atoms with Crippen LogP contribution in [-0.2, 0) is 0 Å². The van der Waals surface area contributed by atoms with Crippen LogP contribution in [0, 0.1) is 0 Å². The van der Waals surface area contributed by atoms with E-state index in [4.69, 9.17) is 0 Å². The molecule has 0 aliphatic carbocycles. The van der Waals surface area contributed by atoms with Crippen molar-refractivity contribution >= 4 is 11.3 Å². The first-order valence-corrected chi connectivity index (χ1v) is 6.73. The van der Waals surface area contributed by atoms with Crippen LogP contribution in [-0.4, -0.2) is 20.1 Å². The molecule has 0 unspecified atom stereocenters. The van der Waals surface area contributed by atoms with Crippen LogP contribution in [0.2, 0.25) is 0 Å². The Kier molecular flexibility index (Phi) is 3.68. The quantitative estimate of drug-likeness (QED) is 0.667. The van der Waals surface area contributed by atoms with E-state index in [1.54, 1.807) is 0 Å². The number of quaternary nitrogens is 1. The van der Waals surface area contributed by atoms with Crippen LogP contribution in [0.4, 0.5) is 5.69 Å². The van der Waals surface area contributed by atoms with Gasteiger partial charge >= 0.3 is 0 Å². The summed E-state index contributed by atoms with van der Waals surface area (Å²) in [5.41, 5.74) is 3.86. The van der Waals surface area contributed by atoms with Gasteiger partial charge in [-0.05, 0) is 62.4 Å². The molecule has 1 aromatic rings. The summed E-state index contributed by atoms with van der Waals surface area (Å²) < 4.78 is 1.11. The van der Waals surface area contributed by atoms with Crippen molar-refractivity contribution in [2.45, 2.75) is 32.6 Å². The van der Waals surface area contributed by atoms with Gasteiger partial charge in [-0.2, -0.15) is 0 Å². The van der Waals surface area contributed by atoms with E-state index in [1.807, 2.05) is 0 Å². The molecule has 17 heavy (non-hydrogen) atoms. The lowest BCUT2D eigenvalue weighted by molar-refractivity contribution is 0.342. The maximum absolute atomic E-state index is 3.99. The molecule has 1 aliphatic heterocycles. The van der Waals surface area contributed by atoms with Crippen molar-refractivity contribution in [1.29, 1.82) is 0 Å². The van der Waals surface area contributed by atoms with Crippen LogP contribution in [0.25, 0.3) is 5.57 Å². The van der Waals surface area contributed by atoms with Gasteiger partial charge in [0.15, 0.2) is 0 Å². The van der Waals surface area contributed by atoms with Gasteiger partial charge in [0.25, 0.3) is 0 Å². The maximum atomic E-state index is 3.99. The topological polar surface area (TPSA) is 0 Å². The van der Waals surface area contributed by atoms with Crippen LogP contribution in [0.3, 0.4) is 0 Å². The molecule has 1 heteroatoms. The number of hydrogen-bond donors (Lipinski definition) is 0. The Balaban J connectivity index is 2.22. The van der Waals surface area contributed by atoms with E-state index in [1.165, 1.54) is 50.0 Å². The van der Waals surface area contributed by atoms with Crippen molar-refractivity contribution in [3.05, 3.63) is 36.4 Å². The molecule has 0 radical (unpaired) electrons. The Morgan fingerprint density at radius 1 is 1.00 bits per heavy atom. The summed E-state index contributed by atoms with van der Waals surface area (Å²) in [6, 6.07) is 9.00. The van der Waals surface area contributed by atoms with Gasteiger partial charge in [-0.15, -0.1) is 0 Å². The van der Waals surface area contributed by atoms with E-state index in [0.717, 1.165) is 10.1 Å². The highest BCUT2D eigenvalue weighted by Gasteiger charge is 2.25. The third-order valence-electron chi connectivity index (χ3n) is 4.04. The second kappa shape index (κ2) is 5.05. The maximum Gasteiger partial charge on any atom is 0.132 e. The monoisotopic (exact) mass is 230 g/mol.